The molecule has 3 rings (SSSR count). The fraction of sp³-hybridized carbons (Fsp3) is 0.381. The van der Waals surface area contributed by atoms with Gasteiger partial charge in [0, 0.05) is 24.7 Å². The molecule has 0 spiro atoms. The predicted octanol–water partition coefficient (Wildman–Crippen LogP) is 3.22. The summed E-state index contributed by atoms with van der Waals surface area (Å²) in [7, 11) is -3.58. The largest absolute Gasteiger partial charge is 0.352 e. The predicted molar refractivity (Wildman–Crippen MR) is 106 cm³/mol. The van der Waals surface area contributed by atoms with Gasteiger partial charge in [-0.3, -0.25) is 4.79 Å². The maximum Gasteiger partial charge on any atom is 0.251 e. The van der Waals surface area contributed by atoms with Gasteiger partial charge in [0.25, 0.3) is 5.91 Å². The number of nitrogens with zero attached hydrogens (tertiary/aromatic N) is 1. The Morgan fingerprint density at radius 2 is 1.89 bits per heavy atom. The summed E-state index contributed by atoms with van der Waals surface area (Å²) in [6, 6.07) is 16.2. The maximum absolute atomic E-state index is 13.0. The molecule has 1 aliphatic rings. The van der Waals surface area contributed by atoms with Crippen LogP contribution in [0.25, 0.3) is 0 Å². The van der Waals surface area contributed by atoms with E-state index < -0.39 is 10.0 Å². The van der Waals surface area contributed by atoms with Crippen LogP contribution in [0.3, 0.4) is 0 Å². The van der Waals surface area contributed by atoms with Gasteiger partial charge in [0.15, 0.2) is 0 Å². The number of rotatable bonds is 6. The molecule has 0 aromatic heterocycles. The Morgan fingerprint density at radius 1 is 1.11 bits per heavy atom. The van der Waals surface area contributed by atoms with Crippen LogP contribution in [0, 0.1) is 0 Å². The zero-order valence-corrected chi connectivity index (χ0v) is 16.4. The van der Waals surface area contributed by atoms with Crippen LogP contribution < -0.4 is 5.32 Å². The van der Waals surface area contributed by atoms with Crippen LogP contribution in [0.1, 0.15) is 42.1 Å². The molecule has 6 heteroatoms. The highest BCUT2D eigenvalue weighted by Gasteiger charge is 2.31. The topological polar surface area (TPSA) is 66.5 Å². The van der Waals surface area contributed by atoms with Crippen molar-refractivity contribution in [2.24, 2.45) is 0 Å². The Balaban J connectivity index is 1.68. The Morgan fingerprint density at radius 3 is 2.63 bits per heavy atom. The lowest BCUT2D eigenvalue weighted by Crippen LogP contribution is -2.42. The number of hydrogen-bond acceptors (Lipinski definition) is 3. The Kier molecular flexibility index (Phi) is 6.29. The molecule has 2 aromatic carbocycles. The number of nitrogens with one attached hydrogen (secondary N) is 1. The number of hydrogen-bond donors (Lipinski definition) is 1. The van der Waals surface area contributed by atoms with Crippen molar-refractivity contribution in [1.82, 2.24) is 9.62 Å². The standard InChI is InChI=1S/C21H26N2O3S/c1-17-8-5-6-15-23(17)27(25,26)20-12-7-11-19(16-20)21(24)22-14-13-18-9-3-2-4-10-18/h2-4,7,9-12,16-17H,5-6,8,13-15H2,1H3,(H,22,24). The summed E-state index contributed by atoms with van der Waals surface area (Å²) in [6.07, 6.45) is 3.54. The Labute approximate surface area is 161 Å². The van der Waals surface area contributed by atoms with E-state index >= 15 is 0 Å². The van der Waals surface area contributed by atoms with Gasteiger partial charge in [0.2, 0.25) is 10.0 Å². The van der Waals surface area contributed by atoms with Crippen LogP contribution in [-0.4, -0.2) is 37.8 Å². The van der Waals surface area contributed by atoms with Crippen LogP contribution in [0.4, 0.5) is 0 Å². The molecule has 1 aliphatic heterocycles. The number of amides is 1. The quantitative estimate of drug-likeness (QED) is 0.829. The van der Waals surface area contributed by atoms with Crippen LogP contribution in [0.5, 0.6) is 0 Å². The van der Waals surface area contributed by atoms with Crippen molar-refractivity contribution in [3.8, 4) is 0 Å². The first kappa shape index (κ1) is 19.6. The fourth-order valence-corrected chi connectivity index (χ4v) is 5.18. The smallest absolute Gasteiger partial charge is 0.251 e. The molecular weight excluding hydrogens is 360 g/mol. The summed E-state index contributed by atoms with van der Waals surface area (Å²) in [5.41, 5.74) is 1.52. The van der Waals surface area contributed by atoms with E-state index in [4.69, 9.17) is 0 Å². The van der Waals surface area contributed by atoms with Crippen LogP contribution in [0.2, 0.25) is 0 Å². The highest BCUT2D eigenvalue weighted by molar-refractivity contribution is 7.89. The van der Waals surface area contributed by atoms with E-state index in [-0.39, 0.29) is 16.8 Å². The van der Waals surface area contributed by atoms with E-state index in [0.29, 0.717) is 18.7 Å². The Bertz CT molecular complexity index is 881. The van der Waals surface area contributed by atoms with Gasteiger partial charge in [-0.25, -0.2) is 8.42 Å². The van der Waals surface area contributed by atoms with E-state index in [2.05, 4.69) is 5.32 Å². The summed E-state index contributed by atoms with van der Waals surface area (Å²) in [6.45, 7) is 2.98. The summed E-state index contributed by atoms with van der Waals surface area (Å²) in [4.78, 5) is 12.6. The van der Waals surface area contributed by atoms with Crippen molar-refractivity contribution in [2.75, 3.05) is 13.1 Å². The zero-order chi connectivity index (χ0) is 19.3. The molecular formula is C21H26N2O3S. The van der Waals surface area contributed by atoms with Gasteiger partial charge in [-0.15, -0.1) is 0 Å². The highest BCUT2D eigenvalue weighted by atomic mass is 32.2. The van der Waals surface area contributed by atoms with Crippen molar-refractivity contribution in [2.45, 2.75) is 43.5 Å². The van der Waals surface area contributed by atoms with Crippen molar-refractivity contribution in [3.63, 3.8) is 0 Å². The van der Waals surface area contributed by atoms with E-state index in [1.54, 1.807) is 22.5 Å². The second-order valence-electron chi connectivity index (χ2n) is 6.98. The first-order chi connectivity index (χ1) is 13.0. The fourth-order valence-electron chi connectivity index (χ4n) is 3.43. The number of piperidine rings is 1. The lowest BCUT2D eigenvalue weighted by atomic mass is 10.1. The summed E-state index contributed by atoms with van der Waals surface area (Å²) in [5.74, 6) is -0.255. The van der Waals surface area contributed by atoms with Gasteiger partial charge < -0.3 is 5.32 Å². The minimum absolute atomic E-state index is 0.00731. The molecule has 27 heavy (non-hydrogen) atoms. The molecule has 1 N–H and O–H groups in total. The van der Waals surface area contributed by atoms with Crippen molar-refractivity contribution in [3.05, 3.63) is 65.7 Å². The van der Waals surface area contributed by atoms with Crippen molar-refractivity contribution in [1.29, 1.82) is 0 Å². The molecule has 5 nitrogen and oxygen atoms in total. The molecule has 1 saturated heterocycles. The molecule has 1 atom stereocenters. The van der Waals surface area contributed by atoms with Gasteiger partial charge in [-0.2, -0.15) is 4.31 Å². The lowest BCUT2D eigenvalue weighted by Gasteiger charge is -2.32. The normalized spacial score (nSPS) is 18.2. The molecule has 2 aromatic rings. The summed E-state index contributed by atoms with van der Waals surface area (Å²) < 4.78 is 27.5. The number of sulfonamides is 1. The first-order valence-electron chi connectivity index (χ1n) is 9.42. The highest BCUT2D eigenvalue weighted by Crippen LogP contribution is 2.25. The molecule has 0 radical (unpaired) electrons. The maximum atomic E-state index is 13.0. The van der Waals surface area contributed by atoms with E-state index in [1.807, 2.05) is 37.3 Å². The molecule has 0 bridgehead atoms. The van der Waals surface area contributed by atoms with E-state index in [9.17, 15) is 13.2 Å². The molecule has 1 unspecified atom stereocenters. The number of carbonyl (C=O) groups excluding carboxylic acids is 1. The minimum Gasteiger partial charge on any atom is -0.352 e. The average molecular weight is 387 g/mol. The van der Waals surface area contributed by atoms with E-state index in [0.717, 1.165) is 31.2 Å². The van der Waals surface area contributed by atoms with Gasteiger partial charge in [0.05, 0.1) is 4.90 Å². The second-order valence-corrected chi connectivity index (χ2v) is 8.87. The lowest BCUT2D eigenvalue weighted by molar-refractivity contribution is 0.0954. The molecule has 0 aliphatic carbocycles. The van der Waals surface area contributed by atoms with Gasteiger partial charge in [-0.05, 0) is 49.9 Å². The van der Waals surface area contributed by atoms with Gasteiger partial charge >= 0.3 is 0 Å². The molecule has 144 valence electrons. The third-order valence-corrected chi connectivity index (χ3v) is 7.00. The average Bonchev–Trinajstić information content (AvgIpc) is 2.69. The van der Waals surface area contributed by atoms with E-state index in [1.165, 1.54) is 6.07 Å². The second kappa shape index (κ2) is 8.67. The SMILES string of the molecule is CC1CCCCN1S(=O)(=O)c1cccc(C(=O)NCCc2ccccc2)c1. The van der Waals surface area contributed by atoms with Gasteiger partial charge in [-0.1, -0.05) is 42.8 Å². The van der Waals surface area contributed by atoms with Crippen molar-refractivity contribution >= 4 is 15.9 Å². The van der Waals surface area contributed by atoms with Gasteiger partial charge in [0.1, 0.15) is 0 Å². The third kappa shape index (κ3) is 4.76. The third-order valence-electron chi connectivity index (χ3n) is 4.99. The first-order valence-corrected chi connectivity index (χ1v) is 10.9. The number of carbonyl (C=O) groups is 1. The zero-order valence-electron chi connectivity index (χ0n) is 15.6. The summed E-state index contributed by atoms with van der Waals surface area (Å²) >= 11 is 0. The molecule has 1 heterocycles. The Hall–Kier alpha value is -2.18. The van der Waals surface area contributed by atoms with Crippen LogP contribution in [-0.2, 0) is 16.4 Å². The molecule has 1 amide bonds. The summed E-state index contributed by atoms with van der Waals surface area (Å²) in [5, 5.41) is 2.87. The molecule has 0 saturated carbocycles. The monoisotopic (exact) mass is 386 g/mol. The minimum atomic E-state index is -3.58. The van der Waals surface area contributed by atoms with Crippen LogP contribution >= 0.6 is 0 Å². The van der Waals surface area contributed by atoms with Crippen molar-refractivity contribution < 1.29 is 13.2 Å². The number of benzene rings is 2. The molecule has 1 fully saturated rings. The van der Waals surface area contributed by atoms with Crippen LogP contribution in [0.15, 0.2) is 59.5 Å².